The van der Waals surface area contributed by atoms with Gasteiger partial charge in [-0.05, 0) is 41.1 Å². The summed E-state index contributed by atoms with van der Waals surface area (Å²) in [5, 5.41) is 0. The predicted octanol–water partition coefficient (Wildman–Crippen LogP) is 4.88. The van der Waals surface area contributed by atoms with E-state index in [0.29, 0.717) is 0 Å². The smallest absolute Gasteiger partial charge is 0.0466 e. The summed E-state index contributed by atoms with van der Waals surface area (Å²) in [5.74, 6) is 0. The third-order valence-corrected chi connectivity index (χ3v) is 3.97. The highest BCUT2D eigenvalue weighted by atomic mass is 127. The normalized spacial score (nSPS) is 11.7. The van der Waals surface area contributed by atoms with Crippen molar-refractivity contribution in [1.82, 2.24) is 0 Å². The second kappa shape index (κ2) is 7.11. The Labute approximate surface area is 111 Å². The molecule has 3 heteroatoms. The molecule has 0 amide bonds. The Balaban J connectivity index is 2.50. The maximum absolute atomic E-state index is 2.39. The number of halogens is 2. The van der Waals surface area contributed by atoms with Gasteiger partial charge in [-0.3, -0.25) is 0 Å². The van der Waals surface area contributed by atoms with Gasteiger partial charge in [0, 0.05) is 12.2 Å². The Bertz CT molecular complexity index is 270. The summed E-state index contributed by atoms with van der Waals surface area (Å²) in [7, 11) is 0. The number of rotatable bonds is 4. The van der Waals surface area contributed by atoms with E-state index in [2.05, 4.69) is 75.5 Å². The van der Waals surface area contributed by atoms with Crippen LogP contribution in [0.25, 0.3) is 0 Å². The molecule has 0 aliphatic heterocycles. The van der Waals surface area contributed by atoms with E-state index in [4.69, 9.17) is 0 Å². The van der Waals surface area contributed by atoms with Crippen LogP contribution in [0.3, 0.4) is 0 Å². The Kier molecular flexibility index (Phi) is 6.48. The highest BCUT2D eigenvalue weighted by molar-refractivity contribution is 14.1. The van der Waals surface area contributed by atoms with Gasteiger partial charge in [-0.1, -0.05) is 58.6 Å². The maximum atomic E-state index is 2.39. The van der Waals surface area contributed by atoms with Crippen molar-refractivity contribution in [1.29, 1.82) is 0 Å². The van der Waals surface area contributed by atoms with Crippen molar-refractivity contribution in [2.75, 3.05) is 4.43 Å². The quantitative estimate of drug-likeness (QED) is 0.383. The average Bonchev–Trinajstić information content (AvgIpc) is 2.16. The van der Waals surface area contributed by atoms with Gasteiger partial charge in [0.1, 0.15) is 0 Å². The van der Waals surface area contributed by atoms with Gasteiger partial charge in [-0.2, -0.15) is 0 Å². The topological polar surface area (TPSA) is 0 Å². The van der Waals surface area contributed by atoms with Gasteiger partial charge >= 0.3 is 0 Å². The van der Waals surface area contributed by atoms with E-state index in [0.717, 1.165) is 0 Å². The van der Waals surface area contributed by atoms with Crippen LogP contribution < -0.4 is 0 Å². The lowest BCUT2D eigenvalue weighted by atomic mass is 10.4. The van der Waals surface area contributed by atoms with Gasteiger partial charge in [-0.15, -0.1) is 0 Å². The zero-order valence-electron chi connectivity index (χ0n) is 7.04. The van der Waals surface area contributed by atoms with Gasteiger partial charge in [0.15, 0.2) is 0 Å². The van der Waals surface area contributed by atoms with Crippen LogP contribution in [0.5, 0.6) is 0 Å². The molecule has 1 aromatic carbocycles. The Hall–Kier alpha value is 0.770. The van der Waals surface area contributed by atoms with Crippen molar-refractivity contribution in [3.05, 3.63) is 39.3 Å². The molecule has 0 saturated heterocycles. The van der Waals surface area contributed by atoms with Gasteiger partial charge < -0.3 is 0 Å². The molecule has 0 aromatic heterocycles. The van der Waals surface area contributed by atoms with E-state index in [1.807, 2.05) is 17.8 Å². The third-order valence-electron chi connectivity index (χ3n) is 1.37. The summed E-state index contributed by atoms with van der Waals surface area (Å²) in [6.45, 7) is 0. The Morgan fingerprint density at radius 3 is 2.62 bits per heavy atom. The first kappa shape index (κ1) is 11.8. The fraction of sp³-hybridized carbons (Fsp3) is 0.200. The summed E-state index contributed by atoms with van der Waals surface area (Å²) in [6.07, 6.45) is 3.45. The molecule has 0 unspecified atom stereocenters. The molecule has 0 bridgehead atoms. The molecular weight excluding hydrogens is 406 g/mol. The van der Waals surface area contributed by atoms with Crippen molar-refractivity contribution in [2.24, 2.45) is 0 Å². The second-order valence-corrected chi connectivity index (χ2v) is 6.49. The summed E-state index contributed by atoms with van der Waals surface area (Å²) >= 11 is 6.61. The second-order valence-electron chi connectivity index (χ2n) is 2.40. The van der Waals surface area contributed by atoms with E-state index in [1.54, 1.807) is 0 Å². The van der Waals surface area contributed by atoms with Crippen LogP contribution in [0.1, 0.15) is 6.42 Å². The lowest BCUT2D eigenvalue weighted by Crippen LogP contribution is -1.70. The maximum Gasteiger partial charge on any atom is 0.0466 e. The summed E-state index contributed by atoms with van der Waals surface area (Å²) < 4.78 is 2.56. The van der Waals surface area contributed by atoms with Gasteiger partial charge in [-0.25, -0.2) is 0 Å². The summed E-state index contributed by atoms with van der Waals surface area (Å²) in [6, 6.07) is 10.5. The average molecular weight is 416 g/mol. The van der Waals surface area contributed by atoms with Crippen LogP contribution >= 0.6 is 56.9 Å². The van der Waals surface area contributed by atoms with Crippen LogP contribution in [-0.2, 0) is 0 Å². The minimum Gasteiger partial charge on any atom is -0.0860 e. The highest BCUT2D eigenvalue weighted by Crippen LogP contribution is 2.31. The van der Waals surface area contributed by atoms with Crippen molar-refractivity contribution in [2.45, 2.75) is 11.3 Å². The van der Waals surface area contributed by atoms with E-state index < -0.39 is 0 Å². The van der Waals surface area contributed by atoms with Gasteiger partial charge in [0.2, 0.25) is 0 Å². The number of alkyl halides is 1. The standard InChI is InChI=1S/C10H10I2S/c11-8-4-7-10(12)13-9-5-2-1-3-6-9/h1-3,5-7H,4,8H2/b10-7+. The molecule has 13 heavy (non-hydrogen) atoms. The molecule has 0 nitrogen and oxygen atoms in total. The molecule has 0 radical (unpaired) electrons. The molecule has 0 aliphatic rings. The molecule has 1 rings (SSSR count). The third kappa shape index (κ3) is 5.27. The number of benzene rings is 1. The van der Waals surface area contributed by atoms with Crippen LogP contribution in [-0.4, -0.2) is 4.43 Å². The Morgan fingerprint density at radius 1 is 1.31 bits per heavy atom. The summed E-state index contributed by atoms with van der Waals surface area (Å²) in [4.78, 5) is 1.32. The molecular formula is C10H10I2S. The van der Waals surface area contributed by atoms with E-state index in [9.17, 15) is 0 Å². The largest absolute Gasteiger partial charge is 0.0860 e. The van der Waals surface area contributed by atoms with Crippen molar-refractivity contribution < 1.29 is 0 Å². The van der Waals surface area contributed by atoms with E-state index >= 15 is 0 Å². The number of thioether (sulfide) groups is 1. The SMILES string of the molecule is ICC/C=C(\I)Sc1ccccc1. The van der Waals surface area contributed by atoms with E-state index in [-0.39, 0.29) is 0 Å². The van der Waals surface area contributed by atoms with Gasteiger partial charge in [0.25, 0.3) is 0 Å². The first-order valence-electron chi connectivity index (χ1n) is 3.97. The fourth-order valence-corrected chi connectivity index (χ4v) is 2.92. The first-order chi connectivity index (χ1) is 6.33. The molecule has 1 aromatic rings. The monoisotopic (exact) mass is 416 g/mol. The van der Waals surface area contributed by atoms with Crippen molar-refractivity contribution >= 4 is 56.9 Å². The van der Waals surface area contributed by atoms with Crippen LogP contribution in [0.4, 0.5) is 0 Å². The molecule has 0 heterocycles. The van der Waals surface area contributed by atoms with Gasteiger partial charge in [0.05, 0.1) is 0 Å². The van der Waals surface area contributed by atoms with Crippen molar-refractivity contribution in [3.8, 4) is 0 Å². The molecule has 0 saturated carbocycles. The van der Waals surface area contributed by atoms with Crippen molar-refractivity contribution in [3.63, 3.8) is 0 Å². The molecule has 0 aliphatic carbocycles. The number of hydrogen-bond acceptors (Lipinski definition) is 1. The van der Waals surface area contributed by atoms with Crippen LogP contribution in [0, 0.1) is 0 Å². The molecule has 70 valence electrons. The lowest BCUT2D eigenvalue weighted by Gasteiger charge is -1.98. The highest BCUT2D eigenvalue weighted by Gasteiger charge is 1.94. The predicted molar refractivity (Wildman–Crippen MR) is 77.9 cm³/mol. The molecule has 0 spiro atoms. The minimum absolute atomic E-state index is 1.17. The zero-order chi connectivity index (χ0) is 9.52. The summed E-state index contributed by atoms with van der Waals surface area (Å²) in [5.41, 5.74) is 0. The molecule has 0 fully saturated rings. The Morgan fingerprint density at radius 2 is 2.00 bits per heavy atom. The lowest BCUT2D eigenvalue weighted by molar-refractivity contribution is 1.28. The van der Waals surface area contributed by atoms with Crippen LogP contribution in [0.2, 0.25) is 0 Å². The first-order valence-corrected chi connectivity index (χ1v) is 7.39. The van der Waals surface area contributed by atoms with Crippen LogP contribution in [0.15, 0.2) is 44.2 Å². The molecule has 0 N–H and O–H groups in total. The minimum atomic E-state index is 1.17. The number of hydrogen-bond donors (Lipinski definition) is 0. The fourth-order valence-electron chi connectivity index (χ4n) is 0.811. The number of allylic oxidation sites excluding steroid dienone is 1. The molecule has 0 atom stereocenters. The zero-order valence-corrected chi connectivity index (χ0v) is 12.2. The van der Waals surface area contributed by atoms with E-state index in [1.165, 1.54) is 18.7 Å².